The van der Waals surface area contributed by atoms with Gasteiger partial charge in [0.15, 0.2) is 0 Å². The summed E-state index contributed by atoms with van der Waals surface area (Å²) in [6.07, 6.45) is 2.66. The maximum Gasteiger partial charge on any atom is 0.410 e. The van der Waals surface area contributed by atoms with E-state index < -0.39 is 12.1 Å². The van der Waals surface area contributed by atoms with Crippen LogP contribution in [0.4, 0.5) is 4.79 Å². The molecule has 2 rings (SSSR count). The van der Waals surface area contributed by atoms with Crippen molar-refractivity contribution in [2.24, 2.45) is 0 Å². The molecule has 0 radical (unpaired) electrons. The lowest BCUT2D eigenvalue weighted by Crippen LogP contribution is -2.46. The van der Waals surface area contributed by atoms with Crippen molar-refractivity contribution in [2.75, 3.05) is 13.1 Å². The van der Waals surface area contributed by atoms with Crippen LogP contribution in [-0.4, -0.2) is 36.0 Å². The Morgan fingerprint density at radius 3 is 2.86 bits per heavy atom. The molecule has 1 aromatic carbocycles. The van der Waals surface area contributed by atoms with Gasteiger partial charge in [-0.1, -0.05) is 36.4 Å². The van der Waals surface area contributed by atoms with Gasteiger partial charge in [0.1, 0.15) is 12.6 Å². The van der Waals surface area contributed by atoms with E-state index in [1.807, 2.05) is 30.3 Å². The minimum Gasteiger partial charge on any atom is -0.445 e. The van der Waals surface area contributed by atoms with Gasteiger partial charge in [-0.15, -0.1) is 6.58 Å². The zero-order valence-corrected chi connectivity index (χ0v) is 12.0. The number of likely N-dealkylation sites (tertiary alicyclic amines) is 1. The van der Waals surface area contributed by atoms with Gasteiger partial charge in [0.2, 0.25) is 5.91 Å². The third-order valence-corrected chi connectivity index (χ3v) is 3.42. The van der Waals surface area contributed by atoms with Gasteiger partial charge < -0.3 is 10.1 Å². The van der Waals surface area contributed by atoms with E-state index in [2.05, 4.69) is 11.9 Å². The molecule has 1 fully saturated rings. The van der Waals surface area contributed by atoms with Gasteiger partial charge in [-0.2, -0.15) is 0 Å². The van der Waals surface area contributed by atoms with E-state index in [-0.39, 0.29) is 12.5 Å². The molecule has 1 unspecified atom stereocenters. The van der Waals surface area contributed by atoms with Crippen molar-refractivity contribution < 1.29 is 14.3 Å². The van der Waals surface area contributed by atoms with Crippen molar-refractivity contribution in [3.63, 3.8) is 0 Å². The highest BCUT2D eigenvalue weighted by molar-refractivity contribution is 5.86. The van der Waals surface area contributed by atoms with E-state index in [1.165, 1.54) is 4.90 Å². The first-order valence-corrected chi connectivity index (χ1v) is 7.08. The highest BCUT2D eigenvalue weighted by Crippen LogP contribution is 2.19. The van der Waals surface area contributed by atoms with Crippen molar-refractivity contribution in [2.45, 2.75) is 25.5 Å². The predicted molar refractivity (Wildman–Crippen MR) is 79.6 cm³/mol. The lowest BCUT2D eigenvalue weighted by molar-refractivity contribution is -0.124. The number of hydrogen-bond donors (Lipinski definition) is 1. The number of amides is 2. The molecule has 1 aromatic rings. The summed E-state index contributed by atoms with van der Waals surface area (Å²) in [6.45, 7) is 4.74. The van der Waals surface area contributed by atoms with E-state index >= 15 is 0 Å². The number of carbonyl (C=O) groups excluding carboxylic acids is 2. The second-order valence-corrected chi connectivity index (χ2v) is 4.93. The first kappa shape index (κ1) is 15.1. The molecular weight excluding hydrogens is 268 g/mol. The van der Waals surface area contributed by atoms with Crippen LogP contribution in [0.15, 0.2) is 43.0 Å². The number of benzene rings is 1. The van der Waals surface area contributed by atoms with Gasteiger partial charge in [-0.05, 0) is 18.4 Å². The van der Waals surface area contributed by atoms with Gasteiger partial charge >= 0.3 is 6.09 Å². The third-order valence-electron chi connectivity index (χ3n) is 3.42. The molecule has 1 aliphatic rings. The topological polar surface area (TPSA) is 58.6 Å². The highest BCUT2D eigenvalue weighted by Gasteiger charge is 2.34. The molecule has 1 aliphatic heterocycles. The highest BCUT2D eigenvalue weighted by atomic mass is 16.6. The summed E-state index contributed by atoms with van der Waals surface area (Å²) >= 11 is 0. The van der Waals surface area contributed by atoms with Crippen molar-refractivity contribution >= 4 is 12.0 Å². The molecule has 5 nitrogen and oxygen atoms in total. The van der Waals surface area contributed by atoms with Crippen LogP contribution < -0.4 is 5.32 Å². The fourth-order valence-electron chi connectivity index (χ4n) is 2.35. The number of hydrogen-bond acceptors (Lipinski definition) is 3. The van der Waals surface area contributed by atoms with Crippen LogP contribution >= 0.6 is 0 Å². The van der Waals surface area contributed by atoms with Crippen LogP contribution in [0, 0.1) is 0 Å². The summed E-state index contributed by atoms with van der Waals surface area (Å²) in [4.78, 5) is 25.6. The Kier molecular flexibility index (Phi) is 5.37. The monoisotopic (exact) mass is 288 g/mol. The molecule has 1 N–H and O–H groups in total. The number of nitrogens with zero attached hydrogens (tertiary/aromatic N) is 1. The molecular formula is C16H20N2O3. The van der Waals surface area contributed by atoms with Crippen LogP contribution in [0.1, 0.15) is 18.4 Å². The van der Waals surface area contributed by atoms with E-state index in [1.54, 1.807) is 6.08 Å². The van der Waals surface area contributed by atoms with Gasteiger partial charge in [0.25, 0.3) is 0 Å². The van der Waals surface area contributed by atoms with Gasteiger partial charge in [-0.25, -0.2) is 4.79 Å². The van der Waals surface area contributed by atoms with E-state index in [0.29, 0.717) is 19.5 Å². The fourth-order valence-corrected chi connectivity index (χ4v) is 2.35. The minimum absolute atomic E-state index is 0.149. The standard InChI is InChI=1S/C16H20N2O3/c1-2-10-17-15(19)14-9-6-11-18(14)16(20)21-12-13-7-4-3-5-8-13/h2-5,7-8,14H,1,6,9-12H2,(H,17,19). The molecule has 0 saturated carbocycles. The van der Waals surface area contributed by atoms with Gasteiger partial charge in [-0.3, -0.25) is 9.69 Å². The fraction of sp³-hybridized carbons (Fsp3) is 0.375. The molecule has 1 heterocycles. The Morgan fingerprint density at radius 1 is 1.38 bits per heavy atom. The zero-order valence-electron chi connectivity index (χ0n) is 12.0. The average Bonchev–Trinajstić information content (AvgIpc) is 3.01. The molecule has 0 spiro atoms. The molecule has 5 heteroatoms. The molecule has 21 heavy (non-hydrogen) atoms. The lowest BCUT2D eigenvalue weighted by Gasteiger charge is -2.23. The maximum atomic E-state index is 12.1. The Morgan fingerprint density at radius 2 is 2.14 bits per heavy atom. The van der Waals surface area contributed by atoms with Crippen LogP contribution in [0.25, 0.3) is 0 Å². The zero-order chi connectivity index (χ0) is 15.1. The Labute approximate surface area is 124 Å². The quantitative estimate of drug-likeness (QED) is 0.844. The second-order valence-electron chi connectivity index (χ2n) is 4.93. The maximum absolute atomic E-state index is 12.1. The van der Waals surface area contributed by atoms with Crippen molar-refractivity contribution in [1.82, 2.24) is 10.2 Å². The average molecular weight is 288 g/mol. The minimum atomic E-state index is -0.437. The molecule has 1 atom stereocenters. The number of ether oxygens (including phenoxy) is 1. The van der Waals surface area contributed by atoms with Crippen molar-refractivity contribution in [1.29, 1.82) is 0 Å². The Balaban J connectivity index is 1.88. The van der Waals surface area contributed by atoms with Gasteiger partial charge in [0.05, 0.1) is 0 Å². The van der Waals surface area contributed by atoms with Crippen molar-refractivity contribution in [3.8, 4) is 0 Å². The first-order chi connectivity index (χ1) is 10.2. The molecule has 0 bridgehead atoms. The number of carbonyl (C=O) groups is 2. The molecule has 0 aliphatic carbocycles. The Bertz CT molecular complexity index is 502. The lowest BCUT2D eigenvalue weighted by atomic mass is 10.2. The van der Waals surface area contributed by atoms with Crippen LogP contribution in [-0.2, 0) is 16.1 Å². The summed E-state index contributed by atoms with van der Waals surface area (Å²) in [6, 6.07) is 9.05. The van der Waals surface area contributed by atoms with Gasteiger partial charge in [0, 0.05) is 13.1 Å². The SMILES string of the molecule is C=CCNC(=O)C1CCCN1C(=O)OCc1ccccc1. The van der Waals surface area contributed by atoms with Crippen LogP contribution in [0.5, 0.6) is 0 Å². The van der Waals surface area contributed by atoms with Crippen LogP contribution in [0.2, 0.25) is 0 Å². The number of rotatable bonds is 5. The second kappa shape index (κ2) is 7.47. The Hall–Kier alpha value is -2.30. The number of nitrogens with one attached hydrogen (secondary N) is 1. The molecule has 2 amide bonds. The summed E-state index contributed by atoms with van der Waals surface area (Å²) in [7, 11) is 0. The smallest absolute Gasteiger partial charge is 0.410 e. The molecule has 0 aromatic heterocycles. The van der Waals surface area contributed by atoms with Crippen LogP contribution in [0.3, 0.4) is 0 Å². The summed E-state index contributed by atoms with van der Waals surface area (Å²) in [5.41, 5.74) is 0.928. The van der Waals surface area contributed by atoms with E-state index in [4.69, 9.17) is 4.74 Å². The first-order valence-electron chi connectivity index (χ1n) is 7.08. The summed E-state index contributed by atoms with van der Waals surface area (Å²) in [5, 5.41) is 2.73. The van der Waals surface area contributed by atoms with Crippen molar-refractivity contribution in [3.05, 3.63) is 48.6 Å². The molecule has 112 valence electrons. The normalized spacial score (nSPS) is 17.3. The predicted octanol–water partition coefficient (Wildman–Crippen LogP) is 2.09. The summed E-state index contributed by atoms with van der Waals surface area (Å²) < 4.78 is 5.28. The third kappa shape index (κ3) is 4.08. The molecule has 1 saturated heterocycles. The summed E-state index contributed by atoms with van der Waals surface area (Å²) in [5.74, 6) is -0.149. The van der Waals surface area contributed by atoms with E-state index in [9.17, 15) is 9.59 Å². The van der Waals surface area contributed by atoms with E-state index in [0.717, 1.165) is 12.0 Å². The largest absolute Gasteiger partial charge is 0.445 e.